The molecule has 0 amide bonds. The second-order valence-electron chi connectivity index (χ2n) is 4.81. The number of hydrogen-bond donors (Lipinski definition) is 2. The highest BCUT2D eigenvalue weighted by Gasteiger charge is 2.09. The Morgan fingerprint density at radius 2 is 2.00 bits per heavy atom. The first-order valence-corrected chi connectivity index (χ1v) is 7.25. The first kappa shape index (κ1) is 15.3. The molecule has 3 N–H and O–H groups in total. The van der Waals surface area contributed by atoms with E-state index in [1.54, 1.807) is 6.07 Å². The van der Waals surface area contributed by atoms with Gasteiger partial charge in [-0.3, -0.25) is 5.41 Å². The van der Waals surface area contributed by atoms with Gasteiger partial charge in [0, 0.05) is 23.6 Å². The van der Waals surface area contributed by atoms with Crippen molar-refractivity contribution in [1.82, 2.24) is 9.88 Å². The lowest BCUT2D eigenvalue weighted by Crippen LogP contribution is -2.28. The van der Waals surface area contributed by atoms with Gasteiger partial charge in [-0.25, -0.2) is 4.98 Å². The van der Waals surface area contributed by atoms with E-state index in [1.165, 1.54) is 0 Å². The summed E-state index contributed by atoms with van der Waals surface area (Å²) in [6.45, 7) is 7.70. The van der Waals surface area contributed by atoms with Crippen LogP contribution in [0.2, 0.25) is 0 Å². The molecule has 0 aliphatic carbocycles. The Bertz CT molecular complexity index is 623. The summed E-state index contributed by atoms with van der Waals surface area (Å²) in [5, 5.41) is 8.58. The zero-order valence-corrected chi connectivity index (χ0v) is 12.6. The van der Waals surface area contributed by atoms with Gasteiger partial charge in [0.25, 0.3) is 0 Å². The maximum atomic E-state index is 7.71. The van der Waals surface area contributed by atoms with E-state index in [1.807, 2.05) is 24.3 Å². The number of likely N-dealkylation sites (N-methyl/N-ethyl adjacent to an activating group) is 1. The number of nitrogens with two attached hydrogens (primary N) is 1. The van der Waals surface area contributed by atoms with Crippen LogP contribution in [0, 0.1) is 5.41 Å². The maximum absolute atomic E-state index is 7.71. The number of nitrogens with one attached hydrogen (secondary N) is 1. The molecule has 1 aromatic carbocycles. The minimum Gasteiger partial charge on any atom is -0.476 e. The number of amidine groups is 1. The molecule has 0 saturated carbocycles. The Kier molecular flexibility index (Phi) is 5.11. The molecule has 112 valence electrons. The summed E-state index contributed by atoms with van der Waals surface area (Å²) in [4.78, 5) is 6.76. The SMILES string of the molecule is CCN(CC)CCOc1cc(C(=N)N)c2ccccc2n1. The summed E-state index contributed by atoms with van der Waals surface area (Å²) in [7, 11) is 0. The van der Waals surface area contributed by atoms with Gasteiger partial charge in [-0.05, 0) is 19.2 Å². The van der Waals surface area contributed by atoms with Gasteiger partial charge >= 0.3 is 0 Å². The fraction of sp³-hybridized carbons (Fsp3) is 0.375. The zero-order valence-electron chi connectivity index (χ0n) is 12.6. The van der Waals surface area contributed by atoms with Crippen molar-refractivity contribution in [2.75, 3.05) is 26.2 Å². The molecule has 0 fully saturated rings. The van der Waals surface area contributed by atoms with Crippen molar-refractivity contribution >= 4 is 16.7 Å². The lowest BCUT2D eigenvalue weighted by molar-refractivity contribution is 0.218. The molecule has 0 atom stereocenters. The van der Waals surface area contributed by atoms with Crippen molar-refractivity contribution in [3.8, 4) is 5.88 Å². The van der Waals surface area contributed by atoms with E-state index in [9.17, 15) is 0 Å². The Labute approximate surface area is 125 Å². The van der Waals surface area contributed by atoms with Crippen LogP contribution in [0.4, 0.5) is 0 Å². The number of pyridine rings is 1. The number of hydrogen-bond acceptors (Lipinski definition) is 4. The van der Waals surface area contributed by atoms with Crippen molar-refractivity contribution in [1.29, 1.82) is 5.41 Å². The molecular formula is C16H22N4O. The van der Waals surface area contributed by atoms with Crippen molar-refractivity contribution in [2.45, 2.75) is 13.8 Å². The van der Waals surface area contributed by atoms with Crippen LogP contribution in [0.3, 0.4) is 0 Å². The third-order valence-electron chi connectivity index (χ3n) is 3.53. The molecule has 5 nitrogen and oxygen atoms in total. The van der Waals surface area contributed by atoms with E-state index < -0.39 is 0 Å². The molecular weight excluding hydrogens is 264 g/mol. The summed E-state index contributed by atoms with van der Waals surface area (Å²) in [6, 6.07) is 9.39. The van der Waals surface area contributed by atoms with Gasteiger partial charge in [0.05, 0.1) is 5.52 Å². The van der Waals surface area contributed by atoms with Crippen molar-refractivity contribution in [2.24, 2.45) is 5.73 Å². The van der Waals surface area contributed by atoms with Gasteiger partial charge in [0.1, 0.15) is 12.4 Å². The van der Waals surface area contributed by atoms with Gasteiger partial charge in [-0.15, -0.1) is 0 Å². The molecule has 5 heteroatoms. The molecule has 21 heavy (non-hydrogen) atoms. The fourth-order valence-corrected chi connectivity index (χ4v) is 2.27. The monoisotopic (exact) mass is 286 g/mol. The summed E-state index contributed by atoms with van der Waals surface area (Å²) >= 11 is 0. The minimum absolute atomic E-state index is 0.0298. The lowest BCUT2D eigenvalue weighted by Gasteiger charge is -2.18. The van der Waals surface area contributed by atoms with E-state index >= 15 is 0 Å². The Hall–Kier alpha value is -2.14. The van der Waals surface area contributed by atoms with Gasteiger partial charge in [0.2, 0.25) is 5.88 Å². The molecule has 0 aliphatic rings. The molecule has 2 aromatic rings. The second-order valence-corrected chi connectivity index (χ2v) is 4.81. The highest BCUT2D eigenvalue weighted by Crippen LogP contribution is 2.21. The fourth-order valence-electron chi connectivity index (χ4n) is 2.27. The Morgan fingerprint density at radius 3 is 2.67 bits per heavy atom. The van der Waals surface area contributed by atoms with Crippen molar-refractivity contribution in [3.63, 3.8) is 0 Å². The predicted molar refractivity (Wildman–Crippen MR) is 86.0 cm³/mol. The highest BCUT2D eigenvalue weighted by molar-refractivity contribution is 6.06. The van der Waals surface area contributed by atoms with Gasteiger partial charge in [-0.1, -0.05) is 32.0 Å². The Morgan fingerprint density at radius 1 is 1.29 bits per heavy atom. The number of aromatic nitrogens is 1. The standard InChI is InChI=1S/C16H22N4O/c1-3-20(4-2)9-10-21-15-11-13(16(17)18)12-7-5-6-8-14(12)19-15/h5-8,11H,3-4,9-10H2,1-2H3,(H3,17,18). The van der Waals surface area contributed by atoms with Crippen LogP contribution in [0.15, 0.2) is 30.3 Å². The quantitative estimate of drug-likeness (QED) is 0.604. The number of ether oxygens (including phenoxy) is 1. The predicted octanol–water partition coefficient (Wildman–Crippen LogP) is 2.24. The first-order valence-electron chi connectivity index (χ1n) is 7.25. The topological polar surface area (TPSA) is 75.2 Å². The van der Waals surface area contributed by atoms with Crippen LogP contribution in [0.1, 0.15) is 19.4 Å². The molecule has 0 spiro atoms. The largest absolute Gasteiger partial charge is 0.476 e. The number of nitrogen functional groups attached to an aromatic ring is 1. The first-order chi connectivity index (χ1) is 10.2. The van der Waals surface area contributed by atoms with Crippen LogP contribution in [-0.2, 0) is 0 Å². The van der Waals surface area contributed by atoms with E-state index in [2.05, 4.69) is 23.7 Å². The normalized spacial score (nSPS) is 11.0. The number of para-hydroxylation sites is 1. The number of fused-ring (bicyclic) bond motifs is 1. The summed E-state index contributed by atoms with van der Waals surface area (Å²) in [6.07, 6.45) is 0. The average molecular weight is 286 g/mol. The van der Waals surface area contributed by atoms with E-state index in [-0.39, 0.29) is 5.84 Å². The van der Waals surface area contributed by atoms with Crippen LogP contribution < -0.4 is 10.5 Å². The van der Waals surface area contributed by atoms with Crippen LogP contribution in [-0.4, -0.2) is 42.0 Å². The van der Waals surface area contributed by atoms with E-state index in [4.69, 9.17) is 15.9 Å². The van der Waals surface area contributed by atoms with Crippen molar-refractivity contribution < 1.29 is 4.74 Å². The lowest BCUT2D eigenvalue weighted by atomic mass is 10.1. The summed E-state index contributed by atoms with van der Waals surface area (Å²) in [5.74, 6) is 0.549. The maximum Gasteiger partial charge on any atom is 0.214 e. The molecule has 2 rings (SSSR count). The molecule has 1 aromatic heterocycles. The molecule has 1 heterocycles. The minimum atomic E-state index is 0.0298. The van der Waals surface area contributed by atoms with E-state index in [0.717, 1.165) is 30.5 Å². The highest BCUT2D eigenvalue weighted by atomic mass is 16.5. The summed E-state index contributed by atoms with van der Waals surface area (Å²) < 4.78 is 5.73. The zero-order chi connectivity index (χ0) is 15.2. The molecule has 0 radical (unpaired) electrons. The van der Waals surface area contributed by atoms with Crippen LogP contribution in [0.25, 0.3) is 10.9 Å². The smallest absolute Gasteiger partial charge is 0.214 e. The Balaban J connectivity index is 2.19. The van der Waals surface area contributed by atoms with Crippen LogP contribution in [0.5, 0.6) is 5.88 Å². The molecule has 0 unspecified atom stereocenters. The van der Waals surface area contributed by atoms with Gasteiger partial charge in [-0.2, -0.15) is 0 Å². The van der Waals surface area contributed by atoms with Crippen LogP contribution >= 0.6 is 0 Å². The average Bonchev–Trinajstić information content (AvgIpc) is 2.50. The molecule has 0 aliphatic heterocycles. The van der Waals surface area contributed by atoms with E-state index in [0.29, 0.717) is 18.1 Å². The van der Waals surface area contributed by atoms with Gasteiger partial charge < -0.3 is 15.4 Å². The number of benzene rings is 1. The second kappa shape index (κ2) is 7.04. The molecule has 0 saturated heterocycles. The van der Waals surface area contributed by atoms with Crippen molar-refractivity contribution in [3.05, 3.63) is 35.9 Å². The number of nitrogens with zero attached hydrogens (tertiary/aromatic N) is 2. The third kappa shape index (κ3) is 3.70. The third-order valence-corrected chi connectivity index (χ3v) is 3.53. The number of rotatable bonds is 7. The molecule has 0 bridgehead atoms. The van der Waals surface area contributed by atoms with Gasteiger partial charge in [0.15, 0.2) is 0 Å². The summed E-state index contributed by atoms with van der Waals surface area (Å²) in [5.41, 5.74) is 7.12.